The Hall–Kier alpha value is -1.45. The van der Waals surface area contributed by atoms with Crippen molar-refractivity contribution < 1.29 is 27.9 Å². The molecule has 0 radical (unpaired) electrons. The van der Waals surface area contributed by atoms with E-state index in [0.717, 1.165) is 16.2 Å². The summed E-state index contributed by atoms with van der Waals surface area (Å²) in [6, 6.07) is 1.67. The Labute approximate surface area is 127 Å². The van der Waals surface area contributed by atoms with E-state index in [9.17, 15) is 18.0 Å². The van der Waals surface area contributed by atoms with Gasteiger partial charge >= 0.3 is 11.9 Å². The van der Waals surface area contributed by atoms with Crippen molar-refractivity contribution >= 4 is 33.3 Å². The molecule has 1 aromatic heterocycles. The molecule has 0 amide bonds. The molecule has 0 aliphatic rings. The molecule has 0 unspecified atom stereocenters. The minimum absolute atomic E-state index is 0.0439. The molecule has 0 fully saturated rings. The number of thiophene rings is 1. The maximum atomic E-state index is 12.1. The zero-order chi connectivity index (χ0) is 16.0. The van der Waals surface area contributed by atoms with E-state index in [-0.39, 0.29) is 23.7 Å². The summed E-state index contributed by atoms with van der Waals surface area (Å²) in [5.74, 6) is -1.90. The number of rotatable bonds is 8. The number of carboxylic acid groups (broad SMARTS) is 1. The molecular formula is C12H17NO6S2. The lowest BCUT2D eigenvalue weighted by atomic mass is 10.2. The molecule has 0 aliphatic carbocycles. The van der Waals surface area contributed by atoms with Crippen LogP contribution in [0.5, 0.6) is 0 Å². The van der Waals surface area contributed by atoms with Crippen LogP contribution < -0.4 is 4.72 Å². The molecule has 21 heavy (non-hydrogen) atoms. The molecule has 7 nitrogen and oxygen atoms in total. The average molecular weight is 335 g/mol. The fourth-order valence-electron chi connectivity index (χ4n) is 1.53. The van der Waals surface area contributed by atoms with Crippen molar-refractivity contribution in [2.24, 2.45) is 0 Å². The summed E-state index contributed by atoms with van der Waals surface area (Å²) < 4.78 is 30.9. The van der Waals surface area contributed by atoms with Gasteiger partial charge in [-0.05, 0) is 32.4 Å². The lowest BCUT2D eigenvalue weighted by Crippen LogP contribution is -2.40. The summed E-state index contributed by atoms with van der Waals surface area (Å²) in [5, 5.41) is 9.06. The Bertz CT molecular complexity index is 607. The number of hydrogen-bond acceptors (Lipinski definition) is 6. The second-order valence-electron chi connectivity index (χ2n) is 4.22. The fraction of sp³-hybridized carbons (Fsp3) is 0.500. The van der Waals surface area contributed by atoms with E-state index in [1.807, 2.05) is 0 Å². The van der Waals surface area contributed by atoms with Crippen molar-refractivity contribution in [3.63, 3.8) is 0 Å². The van der Waals surface area contributed by atoms with Crippen LogP contribution in [0.15, 0.2) is 16.3 Å². The topological polar surface area (TPSA) is 110 Å². The van der Waals surface area contributed by atoms with Gasteiger partial charge in [0.15, 0.2) is 0 Å². The van der Waals surface area contributed by atoms with E-state index >= 15 is 0 Å². The smallest absolute Gasteiger partial charge is 0.321 e. The second-order valence-corrected chi connectivity index (χ2v) is 7.45. The number of nitrogens with one attached hydrogen (secondary N) is 1. The lowest BCUT2D eigenvalue weighted by molar-refractivity contribution is -0.144. The number of hydrogen-bond donors (Lipinski definition) is 2. The minimum atomic E-state index is -3.91. The maximum Gasteiger partial charge on any atom is 0.321 e. The summed E-state index contributed by atoms with van der Waals surface area (Å²) in [6.07, 6.45) is -0.339. The van der Waals surface area contributed by atoms with Gasteiger partial charge in [-0.25, -0.2) is 8.42 Å². The number of ether oxygens (including phenoxy) is 1. The van der Waals surface area contributed by atoms with E-state index in [2.05, 4.69) is 9.46 Å². The summed E-state index contributed by atoms with van der Waals surface area (Å²) in [7, 11) is -3.91. The van der Waals surface area contributed by atoms with Crippen LogP contribution in [0.1, 0.15) is 24.6 Å². The number of carboxylic acids is 1. The van der Waals surface area contributed by atoms with Crippen LogP contribution in [0, 0.1) is 6.92 Å². The molecule has 0 spiro atoms. The molecular weight excluding hydrogens is 318 g/mol. The molecule has 0 bridgehead atoms. The fourth-order valence-corrected chi connectivity index (χ4v) is 4.05. The van der Waals surface area contributed by atoms with Gasteiger partial charge in [0.2, 0.25) is 0 Å². The van der Waals surface area contributed by atoms with E-state index < -0.39 is 28.0 Å². The van der Waals surface area contributed by atoms with Crippen LogP contribution in [0.3, 0.4) is 0 Å². The van der Waals surface area contributed by atoms with Crippen molar-refractivity contribution in [2.75, 3.05) is 6.61 Å². The number of sulfonamides is 1. The highest BCUT2D eigenvalue weighted by atomic mass is 32.2. The Morgan fingerprint density at radius 2 is 2.10 bits per heavy atom. The van der Waals surface area contributed by atoms with Gasteiger partial charge in [-0.2, -0.15) is 4.72 Å². The van der Waals surface area contributed by atoms with Crippen molar-refractivity contribution in [1.82, 2.24) is 4.72 Å². The molecule has 0 aliphatic heterocycles. The van der Waals surface area contributed by atoms with Crippen LogP contribution in [0.4, 0.5) is 0 Å². The van der Waals surface area contributed by atoms with Gasteiger partial charge in [-0.3, -0.25) is 9.59 Å². The van der Waals surface area contributed by atoms with Gasteiger partial charge in [0.1, 0.15) is 10.3 Å². The zero-order valence-electron chi connectivity index (χ0n) is 11.7. The number of carbonyl (C=O) groups is 2. The summed E-state index contributed by atoms with van der Waals surface area (Å²) in [5.41, 5.74) is 0. The monoisotopic (exact) mass is 335 g/mol. The Morgan fingerprint density at radius 3 is 2.57 bits per heavy atom. The molecule has 0 saturated heterocycles. The third kappa shape index (κ3) is 5.44. The van der Waals surface area contributed by atoms with Gasteiger partial charge < -0.3 is 9.84 Å². The van der Waals surface area contributed by atoms with Gasteiger partial charge in [0, 0.05) is 11.3 Å². The van der Waals surface area contributed by atoms with Crippen LogP contribution in [0.2, 0.25) is 0 Å². The number of aliphatic carboxylic acids is 1. The Balaban J connectivity index is 2.74. The first-order valence-corrected chi connectivity index (χ1v) is 8.53. The molecule has 1 aromatic rings. The Kier molecular flexibility index (Phi) is 6.31. The van der Waals surface area contributed by atoms with E-state index in [4.69, 9.17) is 5.11 Å². The molecule has 118 valence electrons. The number of esters is 1. The predicted molar refractivity (Wildman–Crippen MR) is 76.7 cm³/mol. The van der Waals surface area contributed by atoms with Gasteiger partial charge in [0.05, 0.1) is 6.61 Å². The summed E-state index contributed by atoms with van der Waals surface area (Å²) in [4.78, 5) is 23.1. The molecule has 0 saturated carbocycles. The lowest BCUT2D eigenvalue weighted by Gasteiger charge is -2.13. The van der Waals surface area contributed by atoms with Crippen LogP contribution >= 0.6 is 11.3 Å². The number of carbonyl (C=O) groups excluding carboxylic acids is 1. The minimum Gasteiger partial charge on any atom is -0.480 e. The largest absolute Gasteiger partial charge is 0.480 e. The highest BCUT2D eigenvalue weighted by Crippen LogP contribution is 2.21. The predicted octanol–water partition coefficient (Wildman–Crippen LogP) is 1.13. The molecule has 1 heterocycles. The quantitative estimate of drug-likeness (QED) is 0.689. The van der Waals surface area contributed by atoms with E-state index in [1.165, 1.54) is 6.07 Å². The van der Waals surface area contributed by atoms with Crippen molar-refractivity contribution in [3.05, 3.63) is 17.0 Å². The highest BCUT2D eigenvalue weighted by Gasteiger charge is 2.27. The highest BCUT2D eigenvalue weighted by molar-refractivity contribution is 7.91. The van der Waals surface area contributed by atoms with Crippen molar-refractivity contribution in [1.29, 1.82) is 0 Å². The van der Waals surface area contributed by atoms with Gasteiger partial charge in [-0.15, -0.1) is 11.3 Å². The summed E-state index contributed by atoms with van der Waals surface area (Å²) >= 11 is 1.05. The zero-order valence-corrected chi connectivity index (χ0v) is 13.3. The van der Waals surface area contributed by atoms with E-state index in [0.29, 0.717) is 0 Å². The van der Waals surface area contributed by atoms with Crippen LogP contribution in [0.25, 0.3) is 0 Å². The van der Waals surface area contributed by atoms with Crippen molar-refractivity contribution in [2.45, 2.75) is 36.9 Å². The molecule has 1 rings (SSSR count). The first-order valence-electron chi connectivity index (χ1n) is 6.23. The summed E-state index contributed by atoms with van der Waals surface area (Å²) in [6.45, 7) is 3.57. The van der Waals surface area contributed by atoms with Gasteiger partial charge in [0.25, 0.3) is 10.0 Å². The molecule has 2 N–H and O–H groups in total. The first-order chi connectivity index (χ1) is 9.76. The Morgan fingerprint density at radius 1 is 1.43 bits per heavy atom. The molecule has 1 atom stereocenters. The third-order valence-corrected chi connectivity index (χ3v) is 5.48. The second kappa shape index (κ2) is 7.53. The first kappa shape index (κ1) is 17.6. The SMILES string of the molecule is CCOC(=O)CC[C@H](NS(=O)(=O)c1ccc(C)s1)C(=O)O. The van der Waals surface area contributed by atoms with Crippen molar-refractivity contribution in [3.8, 4) is 0 Å². The average Bonchev–Trinajstić information content (AvgIpc) is 2.82. The third-order valence-electron chi connectivity index (χ3n) is 2.52. The number of aryl methyl sites for hydroxylation is 1. The normalized spacial score (nSPS) is 12.9. The molecule has 0 aromatic carbocycles. The standard InChI is InChI=1S/C12H17NO6S2/c1-3-19-10(14)6-5-9(12(15)16)13-21(17,18)11-7-4-8(2)20-11/h4,7,9,13H,3,5-6H2,1-2H3,(H,15,16)/t9-/m0/s1. The van der Waals surface area contributed by atoms with Gasteiger partial charge in [-0.1, -0.05) is 0 Å². The maximum absolute atomic E-state index is 12.1. The molecule has 9 heteroatoms. The van der Waals surface area contributed by atoms with Crippen LogP contribution in [-0.4, -0.2) is 38.1 Å². The van der Waals surface area contributed by atoms with E-state index in [1.54, 1.807) is 19.9 Å². The van der Waals surface area contributed by atoms with Crippen LogP contribution in [-0.2, 0) is 24.3 Å².